The van der Waals surface area contributed by atoms with Crippen molar-refractivity contribution in [3.05, 3.63) is 34.2 Å². The fourth-order valence-electron chi connectivity index (χ4n) is 2.56. The Balaban J connectivity index is 2.11. The smallest absolute Gasteiger partial charge is 0.339 e. The predicted octanol–water partition coefficient (Wildman–Crippen LogP) is 3.43. The molecule has 1 aliphatic rings. The van der Waals surface area contributed by atoms with Crippen molar-refractivity contribution in [1.82, 2.24) is 4.98 Å². The minimum Gasteiger partial charge on any atom is -0.478 e. The number of aromatic carboxylic acids is 1. The number of rotatable bonds is 3. The fraction of sp³-hybridized carbons (Fsp3) is 0.333. The number of fused-ring (bicyclic) bond motifs is 1. The lowest BCUT2D eigenvalue weighted by molar-refractivity contribution is 0.0696. The summed E-state index contributed by atoms with van der Waals surface area (Å²) in [7, 11) is 0. The van der Waals surface area contributed by atoms with Crippen LogP contribution in [0.4, 0.5) is 10.1 Å². The molecule has 1 atom stereocenters. The van der Waals surface area contributed by atoms with Gasteiger partial charge < -0.3 is 15.2 Å². The lowest BCUT2D eigenvalue weighted by Crippen LogP contribution is -2.30. The molecule has 0 aliphatic carbocycles. The SMILES string of the molecule is O=C(O)c1cnc2cc(F)c(Br)cc2c1NC1CCCOC1. The highest BCUT2D eigenvalue weighted by Crippen LogP contribution is 2.31. The second-order valence-corrected chi connectivity index (χ2v) is 6.05. The second kappa shape index (κ2) is 6.18. The van der Waals surface area contributed by atoms with Gasteiger partial charge in [-0.2, -0.15) is 0 Å². The number of carboxylic acids is 1. The van der Waals surface area contributed by atoms with E-state index in [0.29, 0.717) is 23.2 Å². The van der Waals surface area contributed by atoms with Crippen molar-refractivity contribution in [3.63, 3.8) is 0 Å². The van der Waals surface area contributed by atoms with Crippen molar-refractivity contribution in [2.75, 3.05) is 18.5 Å². The first kappa shape index (κ1) is 15.2. The lowest BCUT2D eigenvalue weighted by Gasteiger charge is -2.25. The highest BCUT2D eigenvalue weighted by Gasteiger charge is 2.20. The van der Waals surface area contributed by atoms with Crippen LogP contribution in [0.1, 0.15) is 23.2 Å². The molecule has 2 aromatic rings. The molecule has 1 unspecified atom stereocenters. The zero-order valence-electron chi connectivity index (χ0n) is 11.6. The molecular weight excluding hydrogens is 355 g/mol. The van der Waals surface area contributed by atoms with Crippen molar-refractivity contribution in [2.24, 2.45) is 0 Å². The first-order valence-corrected chi connectivity index (χ1v) is 7.71. The van der Waals surface area contributed by atoms with Crippen molar-refractivity contribution in [3.8, 4) is 0 Å². The van der Waals surface area contributed by atoms with Crippen LogP contribution in [0, 0.1) is 5.82 Å². The third kappa shape index (κ3) is 2.91. The monoisotopic (exact) mass is 368 g/mol. The van der Waals surface area contributed by atoms with Crippen LogP contribution < -0.4 is 5.32 Å². The molecule has 0 bridgehead atoms. The van der Waals surface area contributed by atoms with Crippen LogP contribution in [0.3, 0.4) is 0 Å². The Bertz CT molecular complexity index is 732. The Labute approximate surface area is 134 Å². The van der Waals surface area contributed by atoms with Crippen molar-refractivity contribution in [2.45, 2.75) is 18.9 Å². The van der Waals surface area contributed by atoms with Gasteiger partial charge in [0.1, 0.15) is 11.4 Å². The normalized spacial score (nSPS) is 18.4. The number of pyridine rings is 1. The van der Waals surface area contributed by atoms with Crippen LogP contribution in [0.25, 0.3) is 10.9 Å². The van der Waals surface area contributed by atoms with E-state index in [1.165, 1.54) is 12.3 Å². The standard InChI is InChI=1S/C15H14BrFN2O3/c16-11-4-9-13(5-12(11)17)18-6-10(15(20)21)14(9)19-8-2-1-3-22-7-8/h4-6,8H,1-3,7H2,(H,18,19)(H,20,21). The summed E-state index contributed by atoms with van der Waals surface area (Å²) in [6.07, 6.45) is 3.07. The van der Waals surface area contributed by atoms with E-state index in [9.17, 15) is 14.3 Å². The van der Waals surface area contributed by atoms with Gasteiger partial charge in [-0.15, -0.1) is 0 Å². The van der Waals surface area contributed by atoms with E-state index >= 15 is 0 Å². The van der Waals surface area contributed by atoms with Gasteiger partial charge in [-0.05, 0) is 34.8 Å². The largest absolute Gasteiger partial charge is 0.478 e. The fourth-order valence-corrected chi connectivity index (χ4v) is 2.91. The molecule has 0 amide bonds. The molecule has 1 aromatic heterocycles. The molecular formula is C15H14BrFN2O3. The maximum absolute atomic E-state index is 13.7. The van der Waals surface area contributed by atoms with Crippen LogP contribution in [0.15, 0.2) is 22.8 Å². The number of carboxylic acid groups (broad SMARTS) is 1. The van der Waals surface area contributed by atoms with Gasteiger partial charge in [-0.1, -0.05) is 0 Å². The molecule has 7 heteroatoms. The van der Waals surface area contributed by atoms with Crippen LogP contribution in [0.2, 0.25) is 0 Å². The quantitative estimate of drug-likeness (QED) is 0.868. The maximum Gasteiger partial charge on any atom is 0.339 e. The molecule has 0 spiro atoms. The summed E-state index contributed by atoms with van der Waals surface area (Å²) in [4.78, 5) is 15.5. The Morgan fingerprint density at radius 3 is 3.00 bits per heavy atom. The minimum atomic E-state index is -1.07. The molecule has 2 heterocycles. The molecule has 1 aliphatic heterocycles. The number of nitrogens with zero attached hydrogens (tertiary/aromatic N) is 1. The van der Waals surface area contributed by atoms with Gasteiger partial charge in [0.05, 0.1) is 22.3 Å². The highest BCUT2D eigenvalue weighted by atomic mass is 79.9. The number of anilines is 1. The van der Waals surface area contributed by atoms with E-state index in [4.69, 9.17) is 4.74 Å². The minimum absolute atomic E-state index is 0.0290. The summed E-state index contributed by atoms with van der Waals surface area (Å²) in [5.41, 5.74) is 0.926. The third-order valence-corrected chi connectivity index (χ3v) is 4.26. The van der Waals surface area contributed by atoms with E-state index in [1.807, 2.05) is 0 Å². The average molecular weight is 369 g/mol. The van der Waals surface area contributed by atoms with Gasteiger partial charge in [0.2, 0.25) is 0 Å². The maximum atomic E-state index is 13.7. The first-order valence-electron chi connectivity index (χ1n) is 6.91. The predicted molar refractivity (Wildman–Crippen MR) is 83.8 cm³/mol. The average Bonchev–Trinajstić information content (AvgIpc) is 2.50. The van der Waals surface area contributed by atoms with E-state index in [0.717, 1.165) is 19.4 Å². The Hall–Kier alpha value is -1.73. The molecule has 0 saturated carbocycles. The van der Waals surface area contributed by atoms with Gasteiger partial charge in [0, 0.05) is 30.3 Å². The van der Waals surface area contributed by atoms with Gasteiger partial charge in [-0.3, -0.25) is 4.98 Å². The van der Waals surface area contributed by atoms with Crippen molar-refractivity contribution in [1.29, 1.82) is 0 Å². The summed E-state index contributed by atoms with van der Waals surface area (Å²) in [5.74, 6) is -1.51. The third-order valence-electron chi connectivity index (χ3n) is 3.65. The molecule has 1 fully saturated rings. The molecule has 2 N–H and O–H groups in total. The van der Waals surface area contributed by atoms with E-state index in [2.05, 4.69) is 26.2 Å². The van der Waals surface area contributed by atoms with Gasteiger partial charge in [0.25, 0.3) is 0 Å². The summed E-state index contributed by atoms with van der Waals surface area (Å²) in [6.45, 7) is 1.24. The molecule has 116 valence electrons. The molecule has 1 saturated heterocycles. The second-order valence-electron chi connectivity index (χ2n) is 5.19. The zero-order chi connectivity index (χ0) is 15.7. The van der Waals surface area contributed by atoms with Crippen molar-refractivity contribution >= 4 is 38.5 Å². The lowest BCUT2D eigenvalue weighted by atomic mass is 10.1. The first-order chi connectivity index (χ1) is 10.6. The summed E-state index contributed by atoms with van der Waals surface area (Å²) in [6, 6.07) is 2.87. The molecule has 22 heavy (non-hydrogen) atoms. The van der Waals surface area contributed by atoms with Crippen molar-refractivity contribution < 1.29 is 19.0 Å². The highest BCUT2D eigenvalue weighted by molar-refractivity contribution is 9.10. The number of hydrogen-bond donors (Lipinski definition) is 2. The summed E-state index contributed by atoms with van der Waals surface area (Å²) >= 11 is 3.13. The van der Waals surface area contributed by atoms with E-state index in [1.54, 1.807) is 6.07 Å². The molecule has 3 rings (SSSR count). The topological polar surface area (TPSA) is 71.5 Å². The summed E-state index contributed by atoms with van der Waals surface area (Å²) < 4.78 is 19.3. The number of carbonyl (C=O) groups is 1. The number of nitrogens with one attached hydrogen (secondary N) is 1. The van der Waals surface area contributed by atoms with E-state index in [-0.39, 0.29) is 16.1 Å². The number of ether oxygens (including phenoxy) is 1. The number of halogens is 2. The van der Waals surface area contributed by atoms with Gasteiger partial charge >= 0.3 is 5.97 Å². The van der Waals surface area contributed by atoms with E-state index < -0.39 is 11.8 Å². The van der Waals surface area contributed by atoms with Crippen LogP contribution >= 0.6 is 15.9 Å². The van der Waals surface area contributed by atoms with Crippen LogP contribution in [0.5, 0.6) is 0 Å². The number of hydrogen-bond acceptors (Lipinski definition) is 4. The van der Waals surface area contributed by atoms with Crippen LogP contribution in [-0.4, -0.2) is 35.3 Å². The zero-order valence-corrected chi connectivity index (χ0v) is 13.2. The Kier molecular flexibility index (Phi) is 4.26. The van der Waals surface area contributed by atoms with Crippen LogP contribution in [-0.2, 0) is 4.74 Å². The Morgan fingerprint density at radius 2 is 2.32 bits per heavy atom. The number of aromatic nitrogens is 1. The van der Waals surface area contributed by atoms with Gasteiger partial charge in [0.15, 0.2) is 0 Å². The summed E-state index contributed by atoms with van der Waals surface area (Å²) in [5, 5.41) is 13.2. The Morgan fingerprint density at radius 1 is 1.50 bits per heavy atom. The molecule has 0 radical (unpaired) electrons. The van der Waals surface area contributed by atoms with Gasteiger partial charge in [-0.25, -0.2) is 9.18 Å². The molecule has 5 nitrogen and oxygen atoms in total. The number of benzene rings is 1. The molecule has 1 aromatic carbocycles.